The molecule has 2 fully saturated rings. The smallest absolute Gasteiger partial charge is 0.410 e. The number of carbonyl (C=O) groups excluding carboxylic acids is 7. The van der Waals surface area contributed by atoms with E-state index in [1.54, 1.807) is 81.1 Å². The van der Waals surface area contributed by atoms with Crippen molar-refractivity contribution < 1.29 is 110 Å². The summed E-state index contributed by atoms with van der Waals surface area (Å²) in [5, 5.41) is 18.2. The number of nitrogens with one attached hydrogen (secondary N) is 3. The molecule has 117 heavy (non-hydrogen) atoms. The van der Waals surface area contributed by atoms with E-state index in [0.717, 1.165) is 56.4 Å². The van der Waals surface area contributed by atoms with Crippen molar-refractivity contribution in [3.05, 3.63) is 70.8 Å². The van der Waals surface area contributed by atoms with Crippen molar-refractivity contribution in [3.8, 4) is 0 Å². The van der Waals surface area contributed by atoms with E-state index >= 15 is 0 Å². The second-order valence-electron chi connectivity index (χ2n) is 33.8. The number of likely N-dealkylation sites (tertiary alicyclic amines) is 2. The highest BCUT2D eigenvalue weighted by Crippen LogP contribution is 2.36. The van der Waals surface area contributed by atoms with Gasteiger partial charge in [-0.15, -0.1) is 0 Å². The summed E-state index contributed by atoms with van der Waals surface area (Å²) in [6.45, 7) is 41.5. The van der Waals surface area contributed by atoms with Crippen LogP contribution < -0.4 is 21.7 Å². The maximum Gasteiger partial charge on any atom is 0.410 e. The highest BCUT2D eigenvalue weighted by molar-refractivity contribution is 5.95. The van der Waals surface area contributed by atoms with E-state index in [0.29, 0.717) is 177 Å². The van der Waals surface area contributed by atoms with Crippen molar-refractivity contribution in [2.24, 2.45) is 16.6 Å². The molecule has 2 aromatic carbocycles. The Balaban J connectivity index is 0.000000409. The highest BCUT2D eigenvalue weighted by Gasteiger charge is 2.46. The molecule has 0 bridgehead atoms. The normalized spacial score (nSPS) is 18.9. The first kappa shape index (κ1) is 103. The summed E-state index contributed by atoms with van der Waals surface area (Å²) in [6, 6.07) is 10.5. The molecule has 2 aliphatic heterocycles. The number of nitrogens with zero attached hydrogens (tertiary/aromatic N) is 4. The summed E-state index contributed by atoms with van der Waals surface area (Å²) in [5.41, 5.74) is 8.05. The molecule has 2 heterocycles. The number of nitrogens with two attached hydrogens (primary N) is 1. The zero-order valence-corrected chi connectivity index (χ0v) is 73.7. The lowest BCUT2D eigenvalue weighted by molar-refractivity contribution is -0.151. The third kappa shape index (κ3) is 38.3. The molecule has 2 aliphatic carbocycles. The van der Waals surface area contributed by atoms with E-state index in [1.165, 1.54) is 39.9 Å². The van der Waals surface area contributed by atoms with E-state index < -0.39 is 100 Å². The molecular formula is C86H146N8O23. The van der Waals surface area contributed by atoms with Crippen LogP contribution in [0.25, 0.3) is 0 Å². The van der Waals surface area contributed by atoms with Gasteiger partial charge in [0.1, 0.15) is 47.5 Å². The maximum atomic E-state index is 14.2. The monoisotopic (exact) mass is 1660 g/mol. The fourth-order valence-corrected chi connectivity index (χ4v) is 12.9. The van der Waals surface area contributed by atoms with Crippen LogP contribution in [0.15, 0.2) is 48.5 Å². The number of aliphatic carboxylic acids is 1. The number of hydrogen-bond donors (Lipinski definition) is 5. The fraction of sp³-hybridized carbons (Fsp3) is 0.767. The number of rotatable bonds is 49. The number of likely N-dealkylation sites (N-methyl/N-ethyl adjacent to an activating group) is 2. The van der Waals surface area contributed by atoms with Crippen LogP contribution in [0.4, 0.5) is 9.59 Å². The van der Waals surface area contributed by atoms with Crippen molar-refractivity contribution >= 4 is 47.7 Å². The molecule has 0 aromatic heterocycles. The molecule has 31 heteroatoms. The number of carboxylic acid groups (broad SMARTS) is 1. The van der Waals surface area contributed by atoms with Crippen LogP contribution in [0.5, 0.6) is 0 Å². The largest absolute Gasteiger partial charge is 0.480 e. The zero-order valence-electron chi connectivity index (χ0n) is 73.7. The van der Waals surface area contributed by atoms with Crippen molar-refractivity contribution in [3.63, 3.8) is 0 Å². The lowest BCUT2D eigenvalue weighted by atomic mass is 9.85. The van der Waals surface area contributed by atoms with Crippen molar-refractivity contribution in [1.29, 1.82) is 0 Å². The standard InChI is InChI=1S/C43H72N4O11.C23H39NO6.C20H35N3O6/c1-10-11-19-52-20-21-53-22-23-54-24-25-55-26-27-56-28-29-57-35-30-32-15-12-13-16-33(32)36(35)44-39(49)34-17-14-18-47(34)40(50)37(42(3,4)5)45-38(48)31(2)46(9)41(51)58-43(6,7)8;1-2-3-8-25-9-10-26-11-12-27-13-14-28-15-16-29-17-18-30-22-19-20-6-4-5-7-21(20)23(22)24;1-12(22(8)18(28)29-20(5,6)7)15(24)21-14(19(2,3)4)16(25)23-11-9-10-13(23)17(26)27/h12-13,15-16,31,34-37H,10-11,14,17-30H2,1-9H3,(H,44,49)(H,45,48);4-7,22-23H,2-3,8-19,24H2,1H3;12-14H,9-11H2,1-8H3,(H,21,24)(H,26,27)/t31-,34-,35+,36-,37+;22-,23+;12-,13-,14+/m010/s1. The summed E-state index contributed by atoms with van der Waals surface area (Å²) in [4.78, 5) is 109. The van der Waals surface area contributed by atoms with Crippen LogP contribution in [0.2, 0.25) is 0 Å². The van der Waals surface area contributed by atoms with E-state index in [9.17, 15) is 43.5 Å². The molecule has 0 saturated carbocycles. The number of carboxylic acids is 1. The molecule has 2 aromatic rings. The fourth-order valence-electron chi connectivity index (χ4n) is 12.9. The minimum atomic E-state index is -1.05. The Bertz CT molecular complexity index is 3230. The molecule has 10 atom stereocenters. The van der Waals surface area contributed by atoms with Gasteiger partial charge >= 0.3 is 18.2 Å². The van der Waals surface area contributed by atoms with Gasteiger partial charge in [-0.1, -0.05) is 117 Å². The first-order valence-corrected chi connectivity index (χ1v) is 42.0. The minimum Gasteiger partial charge on any atom is -0.480 e. The van der Waals surface area contributed by atoms with E-state index in [-0.39, 0.29) is 30.1 Å². The topological polar surface area (TPSA) is 361 Å². The quantitative estimate of drug-likeness (QED) is 0.0386. The molecule has 6 rings (SSSR count). The van der Waals surface area contributed by atoms with Gasteiger partial charge in [0.15, 0.2) is 0 Å². The van der Waals surface area contributed by atoms with Crippen molar-refractivity contribution in [1.82, 2.24) is 35.6 Å². The molecule has 7 amide bonds. The predicted molar refractivity (Wildman–Crippen MR) is 442 cm³/mol. The number of benzene rings is 2. The van der Waals surface area contributed by atoms with Crippen LogP contribution in [0, 0.1) is 10.8 Å². The Morgan fingerprint density at radius 1 is 0.462 bits per heavy atom. The molecule has 668 valence electrons. The minimum absolute atomic E-state index is 0.0389. The van der Waals surface area contributed by atoms with Crippen LogP contribution in [0.3, 0.4) is 0 Å². The van der Waals surface area contributed by atoms with Crippen molar-refractivity contribution in [2.45, 2.75) is 247 Å². The predicted octanol–water partition coefficient (Wildman–Crippen LogP) is 8.80. The molecular weight excluding hydrogens is 1510 g/mol. The molecule has 4 aliphatic rings. The Kier molecular flexibility index (Phi) is 47.2. The van der Waals surface area contributed by atoms with Gasteiger partial charge in [-0.3, -0.25) is 33.8 Å². The third-order valence-corrected chi connectivity index (χ3v) is 19.8. The molecule has 0 spiro atoms. The number of ether oxygens (including phenoxy) is 14. The Morgan fingerprint density at radius 3 is 1.13 bits per heavy atom. The summed E-state index contributed by atoms with van der Waals surface area (Å²) in [5.74, 6) is -3.10. The number of unbranched alkanes of at least 4 members (excludes halogenated alkanes) is 2. The summed E-state index contributed by atoms with van der Waals surface area (Å²) in [6.07, 6.45) is 6.51. The summed E-state index contributed by atoms with van der Waals surface area (Å²) >= 11 is 0. The molecule has 0 radical (unpaired) electrons. The number of hydrogen-bond acceptors (Lipinski definition) is 23. The van der Waals surface area contributed by atoms with Crippen LogP contribution >= 0.6 is 0 Å². The molecule has 6 N–H and O–H groups in total. The van der Waals surface area contributed by atoms with Crippen molar-refractivity contribution in [2.75, 3.05) is 173 Å². The number of fused-ring (bicyclic) bond motifs is 2. The molecule has 31 nitrogen and oxygen atoms in total. The van der Waals surface area contributed by atoms with Gasteiger partial charge in [0, 0.05) is 53.2 Å². The average Bonchev–Trinajstić information content (AvgIpc) is 1.69. The second-order valence-corrected chi connectivity index (χ2v) is 33.8. The van der Waals surface area contributed by atoms with E-state index in [1.807, 2.05) is 57.2 Å². The third-order valence-electron chi connectivity index (χ3n) is 19.8. The Hall–Kier alpha value is -6.72. The second kappa shape index (κ2) is 53.8. The first-order chi connectivity index (χ1) is 55.4. The van der Waals surface area contributed by atoms with Gasteiger partial charge in [0.25, 0.3) is 0 Å². The van der Waals surface area contributed by atoms with Crippen LogP contribution in [-0.2, 0) is 108 Å². The maximum absolute atomic E-state index is 14.2. The van der Waals surface area contributed by atoms with Gasteiger partial charge in [0.2, 0.25) is 29.5 Å². The van der Waals surface area contributed by atoms with E-state index in [2.05, 4.69) is 41.9 Å². The Morgan fingerprint density at radius 2 is 0.778 bits per heavy atom. The van der Waals surface area contributed by atoms with Crippen LogP contribution in [-0.4, -0.2) is 305 Å². The number of amides is 7. The van der Waals surface area contributed by atoms with Crippen LogP contribution in [0.1, 0.15) is 196 Å². The Labute approximate surface area is 696 Å². The SMILES string of the molecule is CCCCOCCOCCOCCOCCOCCO[C@@H]1Cc2ccccc2[C@@H]1N.CCCCOCCOCCOCCOCCOCCO[C@@H]1Cc2ccccc2[C@@H]1NC(=O)[C@@H]1CCCN1C(=O)[C@@H](NC(=O)[C@H](C)N(C)C(=O)OC(C)(C)C)C(C)(C)C.C[C@@H](C(=O)N[C@H](C(=O)N1CCC[C@H]1C(=O)O)C(C)(C)C)N(C)C(=O)OC(C)(C)C. The number of carbonyl (C=O) groups is 8. The molecule has 0 unspecified atom stereocenters. The first-order valence-electron chi connectivity index (χ1n) is 42.0. The lowest BCUT2D eigenvalue weighted by Gasteiger charge is -2.37. The van der Waals surface area contributed by atoms with Gasteiger partial charge in [-0.05, 0) is 127 Å². The average molecular weight is 1660 g/mol. The lowest BCUT2D eigenvalue weighted by Crippen LogP contribution is -2.60. The highest BCUT2D eigenvalue weighted by atomic mass is 16.6. The summed E-state index contributed by atoms with van der Waals surface area (Å²) < 4.78 is 78.0. The van der Waals surface area contributed by atoms with Gasteiger partial charge in [-0.25, -0.2) is 14.4 Å². The van der Waals surface area contributed by atoms with Gasteiger partial charge in [0.05, 0.1) is 156 Å². The zero-order chi connectivity index (χ0) is 86.7. The van der Waals surface area contributed by atoms with Gasteiger partial charge in [-0.2, -0.15) is 0 Å². The molecule has 2 saturated heterocycles. The van der Waals surface area contributed by atoms with Gasteiger partial charge < -0.3 is 103 Å². The van der Waals surface area contributed by atoms with E-state index in [4.69, 9.17) is 72.0 Å². The summed E-state index contributed by atoms with van der Waals surface area (Å²) in [7, 11) is 2.94.